The van der Waals surface area contributed by atoms with Gasteiger partial charge in [0.15, 0.2) is 0 Å². The lowest BCUT2D eigenvalue weighted by Gasteiger charge is -2.34. The Morgan fingerprint density at radius 2 is 1.69 bits per heavy atom. The highest BCUT2D eigenvalue weighted by molar-refractivity contribution is 5.93. The van der Waals surface area contributed by atoms with Gasteiger partial charge < -0.3 is 10.2 Å². The Hall–Kier alpha value is -2.36. The maximum atomic E-state index is 14.1. The summed E-state index contributed by atoms with van der Waals surface area (Å²) in [5, 5.41) is 3.10. The van der Waals surface area contributed by atoms with Gasteiger partial charge in [0.05, 0.1) is 0 Å². The van der Waals surface area contributed by atoms with Gasteiger partial charge in [-0.1, -0.05) is 39.0 Å². The van der Waals surface area contributed by atoms with Crippen molar-refractivity contribution in [3.8, 4) is 0 Å². The number of hydrogen-bond acceptors (Lipinski definition) is 2. The minimum Gasteiger partial charge on any atom is -0.371 e. The Labute approximate surface area is 174 Å². The number of halogens is 1. The van der Waals surface area contributed by atoms with E-state index in [0.717, 1.165) is 48.3 Å². The average Bonchev–Trinajstić information content (AvgIpc) is 2.64. The summed E-state index contributed by atoms with van der Waals surface area (Å²) in [5.41, 5.74) is 5.08. The predicted octanol–water partition coefficient (Wildman–Crippen LogP) is 6.20. The fourth-order valence-corrected chi connectivity index (χ4v) is 4.24. The fourth-order valence-electron chi connectivity index (χ4n) is 4.24. The number of rotatable bonds is 4. The second-order valence-corrected chi connectivity index (χ2v) is 9.52. The summed E-state index contributed by atoms with van der Waals surface area (Å²) >= 11 is 0. The Kier molecular flexibility index (Phi) is 6.30. The summed E-state index contributed by atoms with van der Waals surface area (Å²) in [4.78, 5) is 14.7. The minimum atomic E-state index is -0.0898. The van der Waals surface area contributed by atoms with Crippen molar-refractivity contribution in [1.82, 2.24) is 0 Å². The van der Waals surface area contributed by atoms with Gasteiger partial charge >= 0.3 is 0 Å². The van der Waals surface area contributed by atoms with Crippen LogP contribution in [0.3, 0.4) is 0 Å². The molecule has 1 saturated heterocycles. The van der Waals surface area contributed by atoms with Crippen LogP contribution in [0.25, 0.3) is 0 Å². The number of benzene rings is 2. The van der Waals surface area contributed by atoms with Crippen LogP contribution in [-0.4, -0.2) is 19.0 Å². The molecule has 1 aliphatic rings. The maximum absolute atomic E-state index is 14.1. The average molecular weight is 397 g/mol. The van der Waals surface area contributed by atoms with Crippen LogP contribution in [0, 0.1) is 25.1 Å². The van der Waals surface area contributed by atoms with Gasteiger partial charge in [-0.15, -0.1) is 0 Å². The summed E-state index contributed by atoms with van der Waals surface area (Å²) in [6, 6.07) is 11.5. The van der Waals surface area contributed by atoms with E-state index >= 15 is 0 Å². The number of nitrogens with zero attached hydrogens (tertiary/aromatic N) is 1. The van der Waals surface area contributed by atoms with Crippen molar-refractivity contribution in [1.29, 1.82) is 0 Å². The Bertz CT molecular complexity index is 854. The monoisotopic (exact) mass is 396 g/mol. The number of amides is 1. The van der Waals surface area contributed by atoms with E-state index in [1.54, 1.807) is 12.1 Å². The lowest BCUT2D eigenvalue weighted by atomic mass is 9.88. The number of nitrogens with one attached hydrogen (secondary N) is 1. The van der Waals surface area contributed by atoms with Gasteiger partial charge in [0, 0.05) is 30.9 Å². The molecule has 0 radical (unpaired) electrons. The van der Waals surface area contributed by atoms with E-state index in [1.807, 2.05) is 12.1 Å². The molecule has 156 valence electrons. The van der Waals surface area contributed by atoms with Gasteiger partial charge in [-0.25, -0.2) is 4.39 Å². The molecule has 3 rings (SSSR count). The highest BCUT2D eigenvalue weighted by Gasteiger charge is 2.24. The van der Waals surface area contributed by atoms with E-state index in [1.165, 1.54) is 5.69 Å². The van der Waals surface area contributed by atoms with Crippen molar-refractivity contribution < 1.29 is 9.18 Å². The zero-order chi connectivity index (χ0) is 21.2. The molecule has 0 bridgehead atoms. The van der Waals surface area contributed by atoms with Crippen molar-refractivity contribution in [3.05, 3.63) is 58.9 Å². The lowest BCUT2D eigenvalue weighted by Crippen LogP contribution is -2.33. The Morgan fingerprint density at radius 3 is 2.24 bits per heavy atom. The highest BCUT2D eigenvalue weighted by atomic mass is 19.1. The first-order chi connectivity index (χ1) is 13.6. The van der Waals surface area contributed by atoms with Gasteiger partial charge in [-0.3, -0.25) is 4.79 Å². The lowest BCUT2D eigenvalue weighted by molar-refractivity contribution is -0.117. The third kappa shape index (κ3) is 5.37. The van der Waals surface area contributed by atoms with Gasteiger partial charge in [-0.2, -0.15) is 0 Å². The molecule has 0 aromatic heterocycles. The molecule has 1 N–H and O–H groups in total. The molecule has 4 heteroatoms. The van der Waals surface area contributed by atoms with Gasteiger partial charge in [0.2, 0.25) is 5.91 Å². The zero-order valence-corrected chi connectivity index (χ0v) is 18.3. The van der Waals surface area contributed by atoms with Crippen LogP contribution >= 0.6 is 0 Å². The molecule has 3 nitrogen and oxygen atoms in total. The Balaban J connectivity index is 1.68. The Morgan fingerprint density at radius 1 is 1.10 bits per heavy atom. The van der Waals surface area contributed by atoms with Gasteiger partial charge in [0.25, 0.3) is 0 Å². The van der Waals surface area contributed by atoms with E-state index in [0.29, 0.717) is 6.42 Å². The topological polar surface area (TPSA) is 32.3 Å². The molecule has 1 heterocycles. The van der Waals surface area contributed by atoms with Crippen LogP contribution < -0.4 is 10.2 Å². The van der Waals surface area contributed by atoms with E-state index < -0.39 is 0 Å². The SMILES string of the molecule is Cc1cc(N2CCC(c3ccccc3F)CC2)cc(C)c1NC(=O)CC(C)(C)C. The summed E-state index contributed by atoms with van der Waals surface area (Å²) in [6.07, 6.45) is 2.39. The molecule has 0 atom stereocenters. The number of anilines is 2. The predicted molar refractivity (Wildman–Crippen MR) is 119 cm³/mol. The zero-order valence-electron chi connectivity index (χ0n) is 18.3. The summed E-state index contributed by atoms with van der Waals surface area (Å²) in [7, 11) is 0. The molecule has 2 aromatic carbocycles. The van der Waals surface area contributed by atoms with Crippen molar-refractivity contribution in [2.45, 2.75) is 59.8 Å². The molecule has 0 saturated carbocycles. The van der Waals surface area contributed by atoms with Crippen molar-refractivity contribution in [2.24, 2.45) is 5.41 Å². The second kappa shape index (κ2) is 8.56. The van der Waals surface area contributed by atoms with Crippen molar-refractivity contribution in [3.63, 3.8) is 0 Å². The molecule has 29 heavy (non-hydrogen) atoms. The van der Waals surface area contributed by atoms with E-state index in [9.17, 15) is 9.18 Å². The molecule has 0 spiro atoms. The molecular weight excluding hydrogens is 363 g/mol. The number of carbonyl (C=O) groups excluding carboxylic acids is 1. The first-order valence-electron chi connectivity index (χ1n) is 10.5. The normalized spacial score (nSPS) is 15.4. The van der Waals surface area contributed by atoms with Crippen LogP contribution in [0.5, 0.6) is 0 Å². The van der Waals surface area contributed by atoms with E-state index in [2.05, 4.69) is 57.0 Å². The molecule has 2 aromatic rings. The third-order valence-corrected chi connectivity index (χ3v) is 5.68. The number of aryl methyl sites for hydroxylation is 2. The van der Waals surface area contributed by atoms with E-state index in [-0.39, 0.29) is 23.1 Å². The number of carbonyl (C=O) groups is 1. The summed E-state index contributed by atoms with van der Waals surface area (Å²) in [5.74, 6) is 0.251. The minimum absolute atomic E-state index is 0.0333. The molecule has 1 aliphatic heterocycles. The van der Waals surface area contributed by atoms with Crippen LogP contribution in [0.15, 0.2) is 36.4 Å². The largest absolute Gasteiger partial charge is 0.371 e. The first-order valence-corrected chi connectivity index (χ1v) is 10.5. The van der Waals surface area contributed by atoms with Crippen LogP contribution in [0.4, 0.5) is 15.8 Å². The maximum Gasteiger partial charge on any atom is 0.224 e. The second-order valence-electron chi connectivity index (χ2n) is 9.52. The molecule has 0 aliphatic carbocycles. The molecular formula is C25H33FN2O. The van der Waals surface area contributed by atoms with Crippen molar-refractivity contribution in [2.75, 3.05) is 23.3 Å². The van der Waals surface area contributed by atoms with Gasteiger partial charge in [0.1, 0.15) is 5.82 Å². The third-order valence-electron chi connectivity index (χ3n) is 5.68. The molecule has 1 fully saturated rings. The highest BCUT2D eigenvalue weighted by Crippen LogP contribution is 2.34. The summed E-state index contributed by atoms with van der Waals surface area (Å²) < 4.78 is 14.1. The first kappa shape index (κ1) is 21.4. The number of hydrogen-bond donors (Lipinski definition) is 1. The number of piperidine rings is 1. The quantitative estimate of drug-likeness (QED) is 0.667. The smallest absolute Gasteiger partial charge is 0.224 e. The van der Waals surface area contributed by atoms with Gasteiger partial charge in [-0.05, 0) is 72.9 Å². The standard InChI is InChI=1S/C25H33FN2O/c1-17-14-20(15-18(2)24(17)27-23(29)16-25(3,4)5)28-12-10-19(11-13-28)21-8-6-7-9-22(21)26/h6-9,14-15,19H,10-13,16H2,1-5H3,(H,27,29). The summed E-state index contributed by atoms with van der Waals surface area (Å²) in [6.45, 7) is 12.1. The van der Waals surface area contributed by atoms with Crippen LogP contribution in [-0.2, 0) is 4.79 Å². The fraction of sp³-hybridized carbons (Fsp3) is 0.480. The van der Waals surface area contributed by atoms with Crippen LogP contribution in [0.1, 0.15) is 62.6 Å². The van der Waals surface area contributed by atoms with Crippen LogP contribution in [0.2, 0.25) is 0 Å². The molecule has 1 amide bonds. The van der Waals surface area contributed by atoms with Crippen molar-refractivity contribution >= 4 is 17.3 Å². The molecule has 0 unspecified atom stereocenters. The van der Waals surface area contributed by atoms with E-state index in [4.69, 9.17) is 0 Å².